The van der Waals surface area contributed by atoms with Crippen molar-refractivity contribution in [3.8, 4) is 5.75 Å². The number of likely N-dealkylation sites (N-methyl/N-ethyl adjacent to an activating group) is 1. The first-order valence-corrected chi connectivity index (χ1v) is 11.4. The first-order chi connectivity index (χ1) is 12.9. The standard InChI is InChI=1S/C19H32N4O3S.HI/c1-4-20-19(22(2)14-15-26-18-8-6-5-7-9-18)21-16-17-10-12-23(13-11-17)27(3,24)25;/h5-9,17H,4,10-16H2,1-3H3,(H,20,21);1H. The second kappa shape index (κ2) is 12.5. The van der Waals surface area contributed by atoms with E-state index in [-0.39, 0.29) is 24.0 Å². The Balaban J connectivity index is 0.00000392. The first-order valence-electron chi connectivity index (χ1n) is 9.52. The van der Waals surface area contributed by atoms with Gasteiger partial charge in [0.15, 0.2) is 5.96 Å². The third-order valence-corrected chi connectivity index (χ3v) is 5.98. The number of ether oxygens (including phenoxy) is 1. The molecule has 0 aliphatic carbocycles. The van der Waals surface area contributed by atoms with Crippen LogP contribution in [-0.2, 0) is 10.0 Å². The average molecular weight is 524 g/mol. The Kier molecular flexibility index (Phi) is 11.1. The molecule has 0 saturated carbocycles. The Bertz CT molecular complexity index is 692. The van der Waals surface area contributed by atoms with Gasteiger partial charge in [-0.15, -0.1) is 24.0 Å². The van der Waals surface area contributed by atoms with Gasteiger partial charge in [-0.25, -0.2) is 12.7 Å². The number of benzene rings is 1. The third-order valence-electron chi connectivity index (χ3n) is 4.68. The molecule has 1 saturated heterocycles. The molecule has 1 fully saturated rings. The lowest BCUT2D eigenvalue weighted by Crippen LogP contribution is -2.42. The van der Waals surface area contributed by atoms with Gasteiger partial charge >= 0.3 is 0 Å². The van der Waals surface area contributed by atoms with Crippen LogP contribution in [0.2, 0.25) is 0 Å². The third kappa shape index (κ3) is 8.52. The molecule has 1 aromatic carbocycles. The molecule has 28 heavy (non-hydrogen) atoms. The van der Waals surface area contributed by atoms with E-state index in [1.54, 1.807) is 4.31 Å². The van der Waals surface area contributed by atoms with Crippen molar-refractivity contribution in [2.45, 2.75) is 19.8 Å². The highest BCUT2D eigenvalue weighted by Crippen LogP contribution is 2.19. The molecule has 0 unspecified atom stereocenters. The molecule has 1 heterocycles. The van der Waals surface area contributed by atoms with E-state index in [1.165, 1.54) is 6.26 Å². The fraction of sp³-hybridized carbons (Fsp3) is 0.632. The van der Waals surface area contributed by atoms with Crippen molar-refractivity contribution in [3.05, 3.63) is 30.3 Å². The number of para-hydroxylation sites is 1. The van der Waals surface area contributed by atoms with E-state index in [9.17, 15) is 8.42 Å². The van der Waals surface area contributed by atoms with Gasteiger partial charge in [0.25, 0.3) is 0 Å². The Morgan fingerprint density at radius 3 is 2.50 bits per heavy atom. The molecule has 1 aliphatic heterocycles. The maximum atomic E-state index is 11.6. The molecule has 7 nitrogen and oxygen atoms in total. The van der Waals surface area contributed by atoms with Crippen LogP contribution in [0.3, 0.4) is 0 Å². The van der Waals surface area contributed by atoms with Crippen molar-refractivity contribution >= 4 is 40.0 Å². The SMILES string of the molecule is CCNC(=NCC1CCN(S(C)(=O)=O)CC1)N(C)CCOc1ccccc1.I. The van der Waals surface area contributed by atoms with Gasteiger partial charge in [0.05, 0.1) is 12.8 Å². The molecular formula is C19H33IN4O3S. The van der Waals surface area contributed by atoms with Crippen molar-refractivity contribution in [2.75, 3.05) is 52.6 Å². The number of nitrogens with zero attached hydrogens (tertiary/aromatic N) is 3. The second-order valence-corrected chi connectivity index (χ2v) is 8.87. The van der Waals surface area contributed by atoms with Crippen LogP contribution < -0.4 is 10.1 Å². The van der Waals surface area contributed by atoms with Crippen molar-refractivity contribution in [2.24, 2.45) is 10.9 Å². The van der Waals surface area contributed by atoms with E-state index in [1.807, 2.05) is 37.4 Å². The summed E-state index contributed by atoms with van der Waals surface area (Å²) in [5.41, 5.74) is 0. The number of nitrogens with one attached hydrogen (secondary N) is 1. The van der Waals surface area contributed by atoms with Gasteiger partial charge in [-0.3, -0.25) is 4.99 Å². The summed E-state index contributed by atoms with van der Waals surface area (Å²) in [5.74, 6) is 2.15. The summed E-state index contributed by atoms with van der Waals surface area (Å²) in [5, 5.41) is 3.32. The molecule has 0 atom stereocenters. The molecule has 0 radical (unpaired) electrons. The number of guanidine groups is 1. The summed E-state index contributed by atoms with van der Waals surface area (Å²) >= 11 is 0. The Morgan fingerprint density at radius 1 is 1.29 bits per heavy atom. The zero-order valence-electron chi connectivity index (χ0n) is 17.0. The summed E-state index contributed by atoms with van der Waals surface area (Å²) in [4.78, 5) is 6.83. The van der Waals surface area contributed by atoms with Crippen LogP contribution in [0.4, 0.5) is 0 Å². The zero-order chi connectivity index (χ0) is 19.7. The second-order valence-electron chi connectivity index (χ2n) is 6.88. The molecule has 0 aromatic heterocycles. The monoisotopic (exact) mass is 524 g/mol. The van der Waals surface area contributed by atoms with Crippen molar-refractivity contribution in [3.63, 3.8) is 0 Å². The molecule has 2 rings (SSSR count). The molecule has 1 aromatic rings. The molecule has 1 aliphatic rings. The minimum Gasteiger partial charge on any atom is -0.492 e. The molecular weight excluding hydrogens is 491 g/mol. The zero-order valence-corrected chi connectivity index (χ0v) is 20.2. The van der Waals surface area contributed by atoms with Gasteiger partial charge in [-0.1, -0.05) is 18.2 Å². The minimum atomic E-state index is -3.07. The highest BCUT2D eigenvalue weighted by molar-refractivity contribution is 14.0. The normalized spacial score (nSPS) is 16.3. The van der Waals surface area contributed by atoms with E-state index < -0.39 is 10.0 Å². The predicted octanol–water partition coefficient (Wildman–Crippen LogP) is 2.25. The Hall–Kier alpha value is -1.07. The Labute approximate surface area is 186 Å². The smallest absolute Gasteiger partial charge is 0.211 e. The van der Waals surface area contributed by atoms with Gasteiger partial charge in [0.1, 0.15) is 12.4 Å². The Morgan fingerprint density at radius 2 is 1.93 bits per heavy atom. The van der Waals surface area contributed by atoms with Crippen molar-refractivity contribution in [1.82, 2.24) is 14.5 Å². The average Bonchev–Trinajstić information content (AvgIpc) is 2.65. The molecule has 0 amide bonds. The molecule has 0 bridgehead atoms. The summed E-state index contributed by atoms with van der Waals surface area (Å²) in [6.45, 7) is 6.06. The van der Waals surface area contributed by atoms with E-state index in [2.05, 4.69) is 17.1 Å². The van der Waals surface area contributed by atoms with Crippen LogP contribution in [0.15, 0.2) is 35.3 Å². The van der Waals surface area contributed by atoms with Crippen LogP contribution in [-0.4, -0.2) is 76.2 Å². The molecule has 160 valence electrons. The molecule has 1 N–H and O–H groups in total. The summed E-state index contributed by atoms with van der Waals surface area (Å²) < 4.78 is 30.5. The maximum Gasteiger partial charge on any atom is 0.211 e. The van der Waals surface area contributed by atoms with Crippen LogP contribution >= 0.6 is 24.0 Å². The van der Waals surface area contributed by atoms with Gasteiger partial charge in [-0.05, 0) is 37.8 Å². The van der Waals surface area contributed by atoms with Gasteiger partial charge < -0.3 is 15.0 Å². The van der Waals surface area contributed by atoms with Crippen LogP contribution in [0.5, 0.6) is 5.75 Å². The highest BCUT2D eigenvalue weighted by atomic mass is 127. The quantitative estimate of drug-likeness (QED) is 0.321. The van der Waals surface area contributed by atoms with Crippen LogP contribution in [0, 0.1) is 5.92 Å². The maximum absolute atomic E-state index is 11.6. The van der Waals surface area contributed by atoms with Crippen LogP contribution in [0.25, 0.3) is 0 Å². The van der Waals surface area contributed by atoms with E-state index in [0.717, 1.165) is 37.6 Å². The molecule has 9 heteroatoms. The summed E-state index contributed by atoms with van der Waals surface area (Å²) in [7, 11) is -1.07. The van der Waals surface area contributed by atoms with Crippen LogP contribution in [0.1, 0.15) is 19.8 Å². The number of hydrogen-bond donors (Lipinski definition) is 1. The number of rotatable bonds is 8. The number of sulfonamides is 1. The fourth-order valence-electron chi connectivity index (χ4n) is 3.03. The summed E-state index contributed by atoms with van der Waals surface area (Å²) in [6, 6.07) is 9.78. The number of piperidine rings is 1. The van der Waals surface area contributed by atoms with E-state index in [4.69, 9.17) is 9.73 Å². The predicted molar refractivity (Wildman–Crippen MR) is 125 cm³/mol. The van der Waals surface area contributed by atoms with Crippen molar-refractivity contribution in [1.29, 1.82) is 0 Å². The van der Waals surface area contributed by atoms with E-state index >= 15 is 0 Å². The lowest BCUT2D eigenvalue weighted by molar-refractivity contribution is 0.274. The van der Waals surface area contributed by atoms with Gasteiger partial charge in [0.2, 0.25) is 10.0 Å². The van der Waals surface area contributed by atoms with Crippen molar-refractivity contribution < 1.29 is 13.2 Å². The van der Waals surface area contributed by atoms with E-state index in [0.29, 0.717) is 32.2 Å². The van der Waals surface area contributed by atoms with Gasteiger partial charge in [-0.2, -0.15) is 0 Å². The number of halogens is 1. The number of hydrogen-bond acceptors (Lipinski definition) is 4. The lowest BCUT2D eigenvalue weighted by Gasteiger charge is -2.30. The van der Waals surface area contributed by atoms with Gasteiger partial charge in [0, 0.05) is 33.2 Å². The first kappa shape index (κ1) is 25.0. The summed E-state index contributed by atoms with van der Waals surface area (Å²) in [6.07, 6.45) is 2.99. The lowest BCUT2D eigenvalue weighted by atomic mass is 9.98. The highest BCUT2D eigenvalue weighted by Gasteiger charge is 2.24. The largest absolute Gasteiger partial charge is 0.492 e. The fourth-order valence-corrected chi connectivity index (χ4v) is 3.91. The minimum absolute atomic E-state index is 0. The topological polar surface area (TPSA) is 74.2 Å². The number of aliphatic imine (C=N–C) groups is 1. The molecule has 0 spiro atoms.